The molecule has 19 heavy (non-hydrogen) atoms. The van der Waals surface area contributed by atoms with E-state index in [0.29, 0.717) is 11.4 Å². The van der Waals surface area contributed by atoms with E-state index in [4.69, 9.17) is 5.73 Å². The fourth-order valence-corrected chi connectivity index (χ4v) is 1.98. The number of benzene rings is 2. The van der Waals surface area contributed by atoms with E-state index in [0.717, 1.165) is 10.0 Å². The molecule has 0 aromatic heterocycles. The minimum Gasteiger partial charge on any atom is -0.397 e. The zero-order valence-corrected chi connectivity index (χ0v) is 11.7. The van der Waals surface area contributed by atoms with Crippen molar-refractivity contribution in [3.05, 3.63) is 64.6 Å². The molecule has 1 amide bonds. The minimum absolute atomic E-state index is 0.210. The highest BCUT2D eigenvalue weighted by molar-refractivity contribution is 9.10. The Morgan fingerprint density at radius 2 is 1.95 bits per heavy atom. The number of rotatable bonds is 3. The zero-order chi connectivity index (χ0) is 13.7. The first-order valence-corrected chi connectivity index (χ1v) is 6.53. The van der Waals surface area contributed by atoms with Crippen LogP contribution in [0.15, 0.2) is 59.1 Å². The van der Waals surface area contributed by atoms with Crippen LogP contribution in [0.4, 0.5) is 11.4 Å². The van der Waals surface area contributed by atoms with E-state index in [9.17, 15) is 4.79 Å². The number of nitrogens with one attached hydrogen (secondary N) is 1. The lowest BCUT2D eigenvalue weighted by molar-refractivity contribution is -0.111. The van der Waals surface area contributed by atoms with Crippen molar-refractivity contribution in [2.75, 3.05) is 11.1 Å². The van der Waals surface area contributed by atoms with Gasteiger partial charge >= 0.3 is 0 Å². The maximum absolute atomic E-state index is 11.8. The van der Waals surface area contributed by atoms with Gasteiger partial charge in [0.2, 0.25) is 5.91 Å². The van der Waals surface area contributed by atoms with Gasteiger partial charge < -0.3 is 11.1 Å². The Hall–Kier alpha value is -2.07. The normalized spacial score (nSPS) is 10.6. The Balaban J connectivity index is 2.04. The molecule has 96 valence electrons. The molecule has 2 rings (SSSR count). The molecular weight excluding hydrogens is 304 g/mol. The Morgan fingerprint density at radius 1 is 1.16 bits per heavy atom. The number of amides is 1. The molecule has 0 heterocycles. The number of nitrogen functional groups attached to an aromatic ring is 1. The van der Waals surface area contributed by atoms with Crippen LogP contribution < -0.4 is 11.1 Å². The van der Waals surface area contributed by atoms with Crippen molar-refractivity contribution in [2.45, 2.75) is 0 Å². The van der Waals surface area contributed by atoms with Crippen molar-refractivity contribution in [1.82, 2.24) is 0 Å². The number of carbonyl (C=O) groups excluding carboxylic acids is 1. The first-order valence-electron chi connectivity index (χ1n) is 5.74. The minimum atomic E-state index is -0.210. The number of halogens is 1. The smallest absolute Gasteiger partial charge is 0.248 e. The van der Waals surface area contributed by atoms with Crippen LogP contribution in [0.25, 0.3) is 6.08 Å². The van der Waals surface area contributed by atoms with Crippen molar-refractivity contribution in [3.63, 3.8) is 0 Å². The molecule has 0 fully saturated rings. The third-order valence-corrected chi connectivity index (χ3v) is 2.99. The third-order valence-electron chi connectivity index (χ3n) is 2.49. The van der Waals surface area contributed by atoms with Gasteiger partial charge in [-0.3, -0.25) is 4.79 Å². The average molecular weight is 317 g/mol. The molecule has 2 aromatic carbocycles. The predicted octanol–water partition coefficient (Wildman–Crippen LogP) is 3.68. The molecule has 0 saturated heterocycles. The summed E-state index contributed by atoms with van der Waals surface area (Å²) in [5.41, 5.74) is 7.87. The van der Waals surface area contributed by atoms with Gasteiger partial charge in [0, 0.05) is 10.5 Å². The first-order chi connectivity index (χ1) is 9.15. The second kappa shape index (κ2) is 6.20. The van der Waals surface area contributed by atoms with Gasteiger partial charge in [-0.2, -0.15) is 0 Å². The van der Waals surface area contributed by atoms with Gasteiger partial charge in [0.15, 0.2) is 0 Å². The van der Waals surface area contributed by atoms with Crippen molar-refractivity contribution in [2.24, 2.45) is 0 Å². The summed E-state index contributed by atoms with van der Waals surface area (Å²) >= 11 is 3.38. The van der Waals surface area contributed by atoms with Gasteiger partial charge in [-0.1, -0.05) is 40.2 Å². The summed E-state index contributed by atoms with van der Waals surface area (Å²) in [5, 5.41) is 2.73. The summed E-state index contributed by atoms with van der Waals surface area (Å²) < 4.78 is 0.974. The van der Waals surface area contributed by atoms with Crippen molar-refractivity contribution >= 4 is 39.3 Å². The van der Waals surface area contributed by atoms with Crippen molar-refractivity contribution in [3.8, 4) is 0 Å². The van der Waals surface area contributed by atoms with Gasteiger partial charge in [-0.25, -0.2) is 0 Å². The Kier molecular flexibility index (Phi) is 4.36. The van der Waals surface area contributed by atoms with E-state index >= 15 is 0 Å². The molecule has 0 unspecified atom stereocenters. The lowest BCUT2D eigenvalue weighted by Gasteiger charge is -2.04. The maximum atomic E-state index is 11.8. The molecular formula is C15H13BrN2O. The quantitative estimate of drug-likeness (QED) is 0.670. The van der Waals surface area contributed by atoms with Crippen LogP contribution in [0.3, 0.4) is 0 Å². The molecule has 0 aliphatic heterocycles. The van der Waals surface area contributed by atoms with E-state index < -0.39 is 0 Å². The maximum Gasteiger partial charge on any atom is 0.248 e. The van der Waals surface area contributed by atoms with Crippen molar-refractivity contribution in [1.29, 1.82) is 0 Å². The highest BCUT2D eigenvalue weighted by Gasteiger charge is 2.00. The highest BCUT2D eigenvalue weighted by Crippen LogP contribution is 2.17. The predicted molar refractivity (Wildman–Crippen MR) is 82.7 cm³/mol. The molecule has 0 saturated carbocycles. The summed E-state index contributed by atoms with van der Waals surface area (Å²) in [5.74, 6) is -0.210. The van der Waals surface area contributed by atoms with Crippen LogP contribution in [-0.4, -0.2) is 5.91 Å². The monoisotopic (exact) mass is 316 g/mol. The average Bonchev–Trinajstić information content (AvgIpc) is 2.39. The van der Waals surface area contributed by atoms with Crippen LogP contribution in [0.5, 0.6) is 0 Å². The fraction of sp³-hybridized carbons (Fsp3) is 0. The first kappa shape index (κ1) is 13.4. The molecule has 0 atom stereocenters. The topological polar surface area (TPSA) is 55.1 Å². The van der Waals surface area contributed by atoms with E-state index in [1.807, 2.05) is 36.4 Å². The highest BCUT2D eigenvalue weighted by atomic mass is 79.9. The molecule has 0 bridgehead atoms. The van der Waals surface area contributed by atoms with Gasteiger partial charge in [0.05, 0.1) is 11.4 Å². The summed E-state index contributed by atoms with van der Waals surface area (Å²) in [4.78, 5) is 11.8. The number of hydrogen-bond donors (Lipinski definition) is 2. The second-order valence-corrected chi connectivity index (χ2v) is 4.88. The van der Waals surface area contributed by atoms with Crippen molar-refractivity contribution < 1.29 is 4.79 Å². The summed E-state index contributed by atoms with van der Waals surface area (Å²) in [6, 6.07) is 14.9. The van der Waals surface area contributed by atoms with E-state index in [-0.39, 0.29) is 5.91 Å². The zero-order valence-electron chi connectivity index (χ0n) is 10.1. The van der Waals surface area contributed by atoms with Gasteiger partial charge in [-0.05, 0) is 35.9 Å². The second-order valence-electron chi connectivity index (χ2n) is 3.96. The lowest BCUT2D eigenvalue weighted by atomic mass is 10.2. The number of nitrogens with two attached hydrogens (primary N) is 1. The molecule has 4 heteroatoms. The standard InChI is InChI=1S/C15H13BrN2O/c16-12-5-3-4-11(10-12)8-9-15(19)18-14-7-2-1-6-13(14)17/h1-10H,17H2,(H,18,19). The molecule has 0 spiro atoms. The molecule has 3 nitrogen and oxygen atoms in total. The van der Waals surface area contributed by atoms with E-state index in [1.165, 1.54) is 6.08 Å². The van der Waals surface area contributed by atoms with Gasteiger partial charge in [0.1, 0.15) is 0 Å². The van der Waals surface area contributed by atoms with Gasteiger partial charge in [0.25, 0.3) is 0 Å². The Bertz CT molecular complexity index is 623. The lowest BCUT2D eigenvalue weighted by Crippen LogP contribution is -2.09. The number of carbonyl (C=O) groups is 1. The molecule has 3 N–H and O–H groups in total. The van der Waals surface area contributed by atoms with E-state index in [2.05, 4.69) is 21.2 Å². The molecule has 0 radical (unpaired) electrons. The third kappa shape index (κ3) is 3.96. The summed E-state index contributed by atoms with van der Waals surface area (Å²) in [6.07, 6.45) is 3.23. The largest absolute Gasteiger partial charge is 0.397 e. The molecule has 0 aliphatic carbocycles. The number of hydrogen-bond acceptors (Lipinski definition) is 2. The van der Waals surface area contributed by atoms with E-state index in [1.54, 1.807) is 18.2 Å². The fourth-order valence-electron chi connectivity index (χ4n) is 1.57. The summed E-state index contributed by atoms with van der Waals surface area (Å²) in [6.45, 7) is 0. The summed E-state index contributed by atoms with van der Waals surface area (Å²) in [7, 11) is 0. The molecule has 2 aromatic rings. The Morgan fingerprint density at radius 3 is 2.68 bits per heavy atom. The molecule has 0 aliphatic rings. The van der Waals surface area contributed by atoms with Crippen LogP contribution in [0.2, 0.25) is 0 Å². The number of anilines is 2. The van der Waals surface area contributed by atoms with Crippen LogP contribution in [-0.2, 0) is 4.79 Å². The van der Waals surface area contributed by atoms with Crippen LogP contribution >= 0.6 is 15.9 Å². The SMILES string of the molecule is Nc1ccccc1NC(=O)C=Cc1cccc(Br)c1. The van der Waals surface area contributed by atoms with Crippen LogP contribution in [0, 0.1) is 0 Å². The number of para-hydroxylation sites is 2. The Labute approximate surface area is 120 Å². The van der Waals surface area contributed by atoms with Crippen LogP contribution in [0.1, 0.15) is 5.56 Å². The van der Waals surface area contributed by atoms with Gasteiger partial charge in [-0.15, -0.1) is 0 Å².